The largest absolute Gasteiger partial charge is 0.314 e. The van der Waals surface area contributed by atoms with Gasteiger partial charge < -0.3 is 5.32 Å². The lowest BCUT2D eigenvalue weighted by Crippen LogP contribution is -2.45. The van der Waals surface area contributed by atoms with Crippen molar-refractivity contribution in [2.75, 3.05) is 19.6 Å². The van der Waals surface area contributed by atoms with Gasteiger partial charge in [0.15, 0.2) is 0 Å². The highest BCUT2D eigenvalue weighted by Gasteiger charge is 2.23. The molecule has 0 aliphatic carbocycles. The first-order valence-electron chi connectivity index (χ1n) is 7.38. The highest BCUT2D eigenvalue weighted by Crippen LogP contribution is 2.23. The van der Waals surface area contributed by atoms with Crippen LogP contribution in [0.15, 0.2) is 42.7 Å². The number of nitrogens with one attached hydrogen (secondary N) is 1. The maximum Gasteiger partial charge on any atom is 0.0534 e. The van der Waals surface area contributed by atoms with E-state index in [9.17, 15) is 0 Å². The molecule has 1 aliphatic heterocycles. The van der Waals surface area contributed by atoms with Crippen LogP contribution in [0.3, 0.4) is 0 Å². The molecule has 1 fully saturated rings. The summed E-state index contributed by atoms with van der Waals surface area (Å²) in [5.41, 5.74) is 2.69. The molecule has 0 bridgehead atoms. The molecule has 1 aromatic carbocycles. The normalized spacial score (nSPS) is 20.1. The summed E-state index contributed by atoms with van der Waals surface area (Å²) < 4.78 is 2.00. The molecule has 2 heterocycles. The van der Waals surface area contributed by atoms with E-state index in [1.807, 2.05) is 10.9 Å². The van der Waals surface area contributed by atoms with E-state index in [2.05, 4.69) is 58.8 Å². The van der Waals surface area contributed by atoms with Crippen LogP contribution in [0.2, 0.25) is 0 Å². The van der Waals surface area contributed by atoms with Crippen molar-refractivity contribution in [1.29, 1.82) is 0 Å². The van der Waals surface area contributed by atoms with E-state index in [0.717, 1.165) is 32.7 Å². The summed E-state index contributed by atoms with van der Waals surface area (Å²) in [7, 11) is 0. The number of hydrogen-bond donors (Lipinski definition) is 1. The second kappa shape index (κ2) is 6.20. The summed E-state index contributed by atoms with van der Waals surface area (Å²) in [6.07, 6.45) is 4.15. The first kappa shape index (κ1) is 13.3. The average Bonchev–Trinajstić information content (AvgIpc) is 2.96. The van der Waals surface area contributed by atoms with E-state index in [-0.39, 0.29) is 0 Å². The predicted molar refractivity (Wildman–Crippen MR) is 80.4 cm³/mol. The van der Waals surface area contributed by atoms with Gasteiger partial charge in [-0.25, -0.2) is 0 Å². The highest BCUT2D eigenvalue weighted by molar-refractivity contribution is 5.20. The first-order valence-corrected chi connectivity index (χ1v) is 7.38. The third-order valence-electron chi connectivity index (χ3n) is 3.93. The third kappa shape index (κ3) is 2.92. The van der Waals surface area contributed by atoms with E-state index in [0.29, 0.717) is 6.04 Å². The maximum atomic E-state index is 4.37. The van der Waals surface area contributed by atoms with E-state index >= 15 is 0 Å². The summed E-state index contributed by atoms with van der Waals surface area (Å²) in [6.45, 7) is 7.19. The Hall–Kier alpha value is -1.65. The standard InChI is InChI=1S/C16H22N4/c1-2-20-13-14(10-18-20)12-19-9-8-17-11-16(19)15-6-4-3-5-7-15/h3-7,10,13,16-17H,2,8-9,11-12H2,1H3. The third-order valence-corrected chi connectivity index (χ3v) is 3.93. The summed E-state index contributed by atoms with van der Waals surface area (Å²) in [5.74, 6) is 0. The molecule has 106 valence electrons. The van der Waals surface area contributed by atoms with Crippen LogP contribution in [-0.2, 0) is 13.1 Å². The van der Waals surface area contributed by atoms with Gasteiger partial charge in [-0.05, 0) is 12.5 Å². The Morgan fingerprint density at radius 3 is 2.90 bits per heavy atom. The van der Waals surface area contributed by atoms with Crippen LogP contribution in [0.5, 0.6) is 0 Å². The van der Waals surface area contributed by atoms with Crippen LogP contribution in [0.25, 0.3) is 0 Å². The van der Waals surface area contributed by atoms with Crippen molar-refractivity contribution in [3.05, 3.63) is 53.9 Å². The second-order valence-corrected chi connectivity index (χ2v) is 5.31. The Balaban J connectivity index is 1.75. The van der Waals surface area contributed by atoms with Crippen molar-refractivity contribution >= 4 is 0 Å². The van der Waals surface area contributed by atoms with E-state index in [1.54, 1.807) is 0 Å². The Morgan fingerprint density at radius 2 is 2.15 bits per heavy atom. The van der Waals surface area contributed by atoms with E-state index in [4.69, 9.17) is 0 Å². The minimum Gasteiger partial charge on any atom is -0.314 e. The van der Waals surface area contributed by atoms with Crippen molar-refractivity contribution in [1.82, 2.24) is 20.0 Å². The van der Waals surface area contributed by atoms with Gasteiger partial charge in [0.1, 0.15) is 0 Å². The summed E-state index contributed by atoms with van der Waals surface area (Å²) in [4.78, 5) is 2.54. The fourth-order valence-corrected chi connectivity index (χ4v) is 2.83. The van der Waals surface area contributed by atoms with Crippen molar-refractivity contribution in [2.24, 2.45) is 0 Å². The number of benzene rings is 1. The average molecular weight is 270 g/mol. The lowest BCUT2D eigenvalue weighted by molar-refractivity contribution is 0.153. The Labute approximate surface area is 120 Å². The topological polar surface area (TPSA) is 33.1 Å². The van der Waals surface area contributed by atoms with Gasteiger partial charge in [-0.3, -0.25) is 9.58 Å². The van der Waals surface area contributed by atoms with Gasteiger partial charge >= 0.3 is 0 Å². The number of aromatic nitrogens is 2. The molecule has 0 radical (unpaired) electrons. The fourth-order valence-electron chi connectivity index (χ4n) is 2.83. The van der Waals surface area contributed by atoms with Crippen LogP contribution in [0, 0.1) is 0 Å². The first-order chi connectivity index (χ1) is 9.86. The number of hydrogen-bond acceptors (Lipinski definition) is 3. The molecule has 4 nitrogen and oxygen atoms in total. The molecule has 1 saturated heterocycles. The molecule has 1 unspecified atom stereocenters. The van der Waals surface area contributed by atoms with E-state index in [1.165, 1.54) is 11.1 Å². The highest BCUT2D eigenvalue weighted by atomic mass is 15.3. The van der Waals surface area contributed by atoms with Gasteiger partial charge in [0.25, 0.3) is 0 Å². The molecule has 0 spiro atoms. The van der Waals surface area contributed by atoms with Crippen LogP contribution in [0.1, 0.15) is 24.1 Å². The molecule has 2 aromatic rings. The SMILES string of the molecule is CCn1cc(CN2CCNCC2c2ccccc2)cn1. The van der Waals surface area contributed by atoms with E-state index < -0.39 is 0 Å². The van der Waals surface area contributed by atoms with Crippen molar-refractivity contribution in [3.63, 3.8) is 0 Å². The molecule has 20 heavy (non-hydrogen) atoms. The summed E-state index contributed by atoms with van der Waals surface area (Å²) in [6, 6.07) is 11.2. The van der Waals surface area contributed by atoms with Crippen LogP contribution >= 0.6 is 0 Å². The zero-order chi connectivity index (χ0) is 13.8. The molecule has 0 amide bonds. The quantitative estimate of drug-likeness (QED) is 0.923. The maximum absolute atomic E-state index is 4.37. The number of nitrogens with zero attached hydrogens (tertiary/aromatic N) is 3. The Kier molecular flexibility index (Phi) is 4.14. The lowest BCUT2D eigenvalue weighted by atomic mass is 10.0. The van der Waals surface area contributed by atoms with Gasteiger partial charge in [-0.15, -0.1) is 0 Å². The molecule has 1 atom stereocenters. The van der Waals surface area contributed by atoms with Crippen molar-refractivity contribution in [3.8, 4) is 0 Å². The van der Waals surface area contributed by atoms with Crippen LogP contribution < -0.4 is 5.32 Å². The molecular formula is C16H22N4. The van der Waals surface area contributed by atoms with Gasteiger partial charge in [0.05, 0.1) is 6.20 Å². The minimum atomic E-state index is 0.454. The molecule has 4 heteroatoms. The number of aryl methyl sites for hydroxylation is 1. The van der Waals surface area contributed by atoms with Crippen LogP contribution in [0.4, 0.5) is 0 Å². The summed E-state index contributed by atoms with van der Waals surface area (Å²) in [5, 5.41) is 7.88. The van der Waals surface area contributed by atoms with Gasteiger partial charge in [0.2, 0.25) is 0 Å². The monoisotopic (exact) mass is 270 g/mol. The number of rotatable bonds is 4. The molecule has 3 rings (SSSR count). The predicted octanol–water partition coefficient (Wildman–Crippen LogP) is 2.05. The Bertz CT molecular complexity index is 534. The smallest absolute Gasteiger partial charge is 0.0534 e. The zero-order valence-electron chi connectivity index (χ0n) is 12.0. The zero-order valence-corrected chi connectivity index (χ0v) is 12.0. The molecular weight excluding hydrogens is 248 g/mol. The van der Waals surface area contributed by atoms with Gasteiger partial charge in [0, 0.05) is 50.5 Å². The lowest BCUT2D eigenvalue weighted by Gasteiger charge is -2.36. The number of piperazine rings is 1. The van der Waals surface area contributed by atoms with Crippen LogP contribution in [-0.4, -0.2) is 34.3 Å². The van der Waals surface area contributed by atoms with Crippen molar-refractivity contribution < 1.29 is 0 Å². The Morgan fingerprint density at radius 1 is 1.30 bits per heavy atom. The second-order valence-electron chi connectivity index (χ2n) is 5.31. The molecule has 0 saturated carbocycles. The molecule has 1 N–H and O–H groups in total. The summed E-state index contributed by atoms with van der Waals surface area (Å²) >= 11 is 0. The minimum absolute atomic E-state index is 0.454. The van der Waals surface area contributed by atoms with Crippen molar-refractivity contribution in [2.45, 2.75) is 26.1 Å². The fraction of sp³-hybridized carbons (Fsp3) is 0.438. The van der Waals surface area contributed by atoms with Gasteiger partial charge in [-0.2, -0.15) is 5.10 Å². The van der Waals surface area contributed by atoms with Gasteiger partial charge in [-0.1, -0.05) is 30.3 Å². The molecule has 1 aliphatic rings. The molecule has 1 aromatic heterocycles.